The lowest BCUT2D eigenvalue weighted by molar-refractivity contribution is -0.137. The number of aryl methyl sites for hydroxylation is 1. The molecule has 9 heteroatoms. The summed E-state index contributed by atoms with van der Waals surface area (Å²) >= 11 is 0. The molecule has 0 amide bonds. The smallest absolute Gasteiger partial charge is 0.325 e. The molecular formula is C12H21N3O5S. The van der Waals surface area contributed by atoms with Gasteiger partial charge in [0, 0.05) is 6.04 Å². The van der Waals surface area contributed by atoms with Crippen molar-refractivity contribution in [2.45, 2.75) is 45.2 Å². The van der Waals surface area contributed by atoms with E-state index < -0.39 is 28.6 Å². The van der Waals surface area contributed by atoms with Crippen molar-refractivity contribution in [2.24, 2.45) is 5.92 Å². The molecule has 0 radical (unpaired) electrons. The number of nitrogens with zero attached hydrogens (tertiary/aromatic N) is 2. The fourth-order valence-electron chi connectivity index (χ4n) is 1.99. The van der Waals surface area contributed by atoms with Crippen LogP contribution in [0.15, 0.2) is 4.90 Å². The molecule has 0 aliphatic rings. The van der Waals surface area contributed by atoms with E-state index in [1.807, 2.05) is 0 Å². The summed E-state index contributed by atoms with van der Waals surface area (Å²) in [6.07, 6.45) is 0. The topological polar surface area (TPSA) is 122 Å². The van der Waals surface area contributed by atoms with E-state index in [9.17, 15) is 18.3 Å². The highest BCUT2D eigenvalue weighted by Crippen LogP contribution is 2.20. The number of carboxylic acid groups (broad SMARTS) is 1. The Morgan fingerprint density at radius 1 is 1.38 bits per heavy atom. The average Bonchev–Trinajstić information content (AvgIpc) is 2.60. The van der Waals surface area contributed by atoms with Gasteiger partial charge in [-0.25, -0.2) is 13.1 Å². The third-order valence-corrected chi connectivity index (χ3v) is 4.92. The van der Waals surface area contributed by atoms with Crippen LogP contribution in [0.4, 0.5) is 0 Å². The molecule has 0 spiro atoms. The van der Waals surface area contributed by atoms with Crippen molar-refractivity contribution in [3.05, 3.63) is 11.4 Å². The third-order valence-electron chi connectivity index (χ3n) is 3.18. The van der Waals surface area contributed by atoms with Gasteiger partial charge in [0.2, 0.25) is 10.0 Å². The second-order valence-corrected chi connectivity index (χ2v) is 6.86. The average molecular weight is 319 g/mol. The molecule has 1 heterocycles. The first kappa shape index (κ1) is 17.6. The van der Waals surface area contributed by atoms with Crippen LogP contribution < -0.4 is 4.72 Å². The second kappa shape index (κ2) is 6.54. The van der Waals surface area contributed by atoms with Crippen LogP contribution in [-0.2, 0) is 21.4 Å². The molecule has 1 aromatic rings. The van der Waals surface area contributed by atoms with Gasteiger partial charge in [-0.1, -0.05) is 13.8 Å². The van der Waals surface area contributed by atoms with Crippen LogP contribution in [-0.4, -0.2) is 47.0 Å². The number of rotatable bonds is 7. The summed E-state index contributed by atoms with van der Waals surface area (Å²) in [7, 11) is -3.88. The molecule has 0 saturated heterocycles. The number of aromatic nitrogens is 2. The fraction of sp³-hybridized carbons (Fsp3) is 0.667. The lowest BCUT2D eigenvalue weighted by atomic mass is 10.1. The number of nitrogens with one attached hydrogen (secondary N) is 1. The highest BCUT2D eigenvalue weighted by atomic mass is 32.2. The highest BCUT2D eigenvalue weighted by molar-refractivity contribution is 7.89. The Labute approximate surface area is 123 Å². The number of aliphatic hydroxyl groups excluding tert-OH is 1. The quantitative estimate of drug-likeness (QED) is 0.644. The van der Waals surface area contributed by atoms with Gasteiger partial charge in [0.1, 0.15) is 11.4 Å². The van der Waals surface area contributed by atoms with Gasteiger partial charge >= 0.3 is 5.97 Å². The normalized spacial score (nSPS) is 13.6. The van der Waals surface area contributed by atoms with Crippen LogP contribution in [0.2, 0.25) is 0 Å². The van der Waals surface area contributed by atoms with Crippen molar-refractivity contribution in [1.29, 1.82) is 0 Å². The number of hydrogen-bond acceptors (Lipinski definition) is 5. The zero-order valence-electron chi connectivity index (χ0n) is 12.5. The van der Waals surface area contributed by atoms with Gasteiger partial charge in [0.25, 0.3) is 0 Å². The molecule has 1 rings (SSSR count). The SMILES string of the molecule is Cc1nn(CC(=O)O)c(C)c1S(=O)(=O)NC(CO)C(C)C. The lowest BCUT2D eigenvalue weighted by Crippen LogP contribution is -2.41. The minimum absolute atomic E-state index is 0.0390. The Morgan fingerprint density at radius 3 is 2.38 bits per heavy atom. The summed E-state index contributed by atoms with van der Waals surface area (Å²) in [6.45, 7) is 5.85. The van der Waals surface area contributed by atoms with Crippen LogP contribution in [0, 0.1) is 19.8 Å². The van der Waals surface area contributed by atoms with Crippen LogP contribution in [0.5, 0.6) is 0 Å². The minimum Gasteiger partial charge on any atom is -0.480 e. The first-order valence-corrected chi connectivity index (χ1v) is 7.97. The monoisotopic (exact) mass is 319 g/mol. The third kappa shape index (κ3) is 4.02. The predicted molar refractivity (Wildman–Crippen MR) is 75.4 cm³/mol. The molecular weight excluding hydrogens is 298 g/mol. The first-order valence-electron chi connectivity index (χ1n) is 6.49. The molecule has 1 aromatic heterocycles. The maximum absolute atomic E-state index is 12.4. The van der Waals surface area contributed by atoms with E-state index in [1.165, 1.54) is 13.8 Å². The Morgan fingerprint density at radius 2 is 1.95 bits per heavy atom. The molecule has 0 fully saturated rings. The summed E-state index contributed by atoms with van der Waals surface area (Å²) in [6, 6.07) is -0.614. The highest BCUT2D eigenvalue weighted by Gasteiger charge is 2.28. The zero-order chi connectivity index (χ0) is 16.4. The Hall–Kier alpha value is -1.45. The molecule has 8 nitrogen and oxygen atoms in total. The van der Waals surface area contributed by atoms with Crippen LogP contribution in [0.25, 0.3) is 0 Å². The van der Waals surface area contributed by atoms with E-state index in [0.29, 0.717) is 0 Å². The van der Waals surface area contributed by atoms with Crippen molar-refractivity contribution >= 4 is 16.0 Å². The molecule has 0 bridgehead atoms. The molecule has 120 valence electrons. The lowest BCUT2D eigenvalue weighted by Gasteiger charge is -2.19. The van der Waals surface area contributed by atoms with E-state index in [-0.39, 0.29) is 28.8 Å². The van der Waals surface area contributed by atoms with Crippen molar-refractivity contribution in [2.75, 3.05) is 6.61 Å². The molecule has 0 aliphatic carbocycles. The largest absolute Gasteiger partial charge is 0.480 e. The van der Waals surface area contributed by atoms with Crippen molar-refractivity contribution in [3.8, 4) is 0 Å². The van der Waals surface area contributed by atoms with Crippen molar-refractivity contribution in [3.63, 3.8) is 0 Å². The van der Waals surface area contributed by atoms with Gasteiger partial charge < -0.3 is 10.2 Å². The molecule has 0 aromatic carbocycles. The number of aliphatic carboxylic acids is 1. The van der Waals surface area contributed by atoms with E-state index in [1.54, 1.807) is 13.8 Å². The van der Waals surface area contributed by atoms with Gasteiger partial charge in [0.05, 0.1) is 18.0 Å². The Kier molecular flexibility index (Phi) is 5.48. The summed E-state index contributed by atoms with van der Waals surface area (Å²) in [5.74, 6) is -1.19. The first-order chi connectivity index (χ1) is 9.60. The fourth-order valence-corrected chi connectivity index (χ4v) is 3.78. The van der Waals surface area contributed by atoms with E-state index in [0.717, 1.165) is 4.68 Å². The van der Waals surface area contributed by atoms with Gasteiger partial charge in [-0.15, -0.1) is 0 Å². The maximum atomic E-state index is 12.4. The van der Waals surface area contributed by atoms with Crippen LogP contribution in [0.1, 0.15) is 25.2 Å². The van der Waals surface area contributed by atoms with Crippen LogP contribution in [0.3, 0.4) is 0 Å². The number of carbonyl (C=O) groups is 1. The zero-order valence-corrected chi connectivity index (χ0v) is 13.3. The molecule has 1 atom stereocenters. The van der Waals surface area contributed by atoms with E-state index in [4.69, 9.17) is 5.11 Å². The van der Waals surface area contributed by atoms with Gasteiger partial charge in [0.15, 0.2) is 0 Å². The summed E-state index contributed by atoms with van der Waals surface area (Å²) in [5, 5.41) is 22.0. The predicted octanol–water partition coefficient (Wildman–Crippen LogP) is -0.120. The van der Waals surface area contributed by atoms with Gasteiger partial charge in [-0.2, -0.15) is 5.10 Å². The summed E-state index contributed by atoms with van der Waals surface area (Å²) in [5.41, 5.74) is 0.476. The van der Waals surface area contributed by atoms with Crippen molar-refractivity contribution in [1.82, 2.24) is 14.5 Å². The van der Waals surface area contributed by atoms with Crippen molar-refractivity contribution < 1.29 is 23.4 Å². The number of aliphatic hydroxyl groups is 1. The number of hydrogen-bond donors (Lipinski definition) is 3. The Bertz CT molecular complexity index is 621. The van der Waals surface area contributed by atoms with E-state index >= 15 is 0 Å². The molecule has 0 saturated carbocycles. The Balaban J connectivity index is 3.20. The summed E-state index contributed by atoms with van der Waals surface area (Å²) in [4.78, 5) is 10.7. The van der Waals surface area contributed by atoms with Gasteiger partial charge in [-0.05, 0) is 19.8 Å². The minimum atomic E-state index is -3.88. The number of carboxylic acids is 1. The second-order valence-electron chi connectivity index (χ2n) is 5.21. The van der Waals surface area contributed by atoms with E-state index in [2.05, 4.69) is 9.82 Å². The molecule has 3 N–H and O–H groups in total. The standard InChI is InChI=1S/C12H21N3O5S/c1-7(2)10(6-16)14-21(19,20)12-8(3)13-15(9(12)4)5-11(17)18/h7,10,14,16H,5-6H2,1-4H3,(H,17,18). The van der Waals surface area contributed by atoms with Gasteiger partial charge in [-0.3, -0.25) is 9.48 Å². The molecule has 1 unspecified atom stereocenters. The molecule has 0 aliphatic heterocycles. The molecule has 21 heavy (non-hydrogen) atoms. The van der Waals surface area contributed by atoms with Crippen LogP contribution >= 0.6 is 0 Å². The maximum Gasteiger partial charge on any atom is 0.325 e. The number of sulfonamides is 1. The summed E-state index contributed by atoms with van der Waals surface area (Å²) < 4.78 is 28.4.